The minimum atomic E-state index is -0.184. The Labute approximate surface area is 169 Å². The third kappa shape index (κ3) is 3.81. The van der Waals surface area contributed by atoms with Crippen molar-refractivity contribution >= 4 is 28.4 Å². The van der Waals surface area contributed by atoms with Gasteiger partial charge >= 0.3 is 6.03 Å². The van der Waals surface area contributed by atoms with Crippen LogP contribution in [0.25, 0.3) is 10.8 Å². The molecular weight excluding hydrogens is 362 g/mol. The second kappa shape index (κ2) is 7.24. The Morgan fingerprint density at radius 3 is 2.62 bits per heavy atom. The van der Waals surface area contributed by atoms with E-state index in [1.165, 1.54) is 16.3 Å². The first-order valence-corrected chi connectivity index (χ1v) is 10.1. The molecule has 5 heteroatoms. The fraction of sp³-hybridized carbons (Fsp3) is 0.250. The highest BCUT2D eigenvalue weighted by Crippen LogP contribution is 2.41. The van der Waals surface area contributed by atoms with Crippen molar-refractivity contribution in [2.24, 2.45) is 0 Å². The molecule has 1 aliphatic heterocycles. The molecule has 1 aliphatic carbocycles. The van der Waals surface area contributed by atoms with Crippen LogP contribution in [0.5, 0.6) is 0 Å². The maximum atomic E-state index is 12.4. The second-order valence-electron chi connectivity index (χ2n) is 7.98. The average Bonchev–Trinajstić information content (AvgIpc) is 3.35. The first-order valence-electron chi connectivity index (χ1n) is 10.1. The van der Waals surface area contributed by atoms with Crippen molar-refractivity contribution in [3.8, 4) is 0 Å². The molecule has 0 aromatic heterocycles. The molecule has 5 nitrogen and oxygen atoms in total. The van der Waals surface area contributed by atoms with Crippen molar-refractivity contribution in [1.29, 1.82) is 0 Å². The maximum Gasteiger partial charge on any atom is 0.319 e. The van der Waals surface area contributed by atoms with Crippen LogP contribution in [0.4, 0.5) is 10.5 Å². The van der Waals surface area contributed by atoms with E-state index in [9.17, 15) is 9.59 Å². The molecule has 3 N–H and O–H groups in total. The van der Waals surface area contributed by atoms with Crippen LogP contribution in [-0.2, 0) is 4.79 Å². The van der Waals surface area contributed by atoms with Crippen LogP contribution in [0.2, 0.25) is 0 Å². The van der Waals surface area contributed by atoms with E-state index in [1.807, 2.05) is 36.4 Å². The van der Waals surface area contributed by atoms with Crippen molar-refractivity contribution in [2.45, 2.75) is 30.7 Å². The molecule has 1 saturated heterocycles. The highest BCUT2D eigenvalue weighted by Gasteiger charge is 2.39. The van der Waals surface area contributed by atoms with Crippen LogP contribution < -0.4 is 16.0 Å². The van der Waals surface area contributed by atoms with Gasteiger partial charge in [0.25, 0.3) is 0 Å². The van der Waals surface area contributed by atoms with Crippen molar-refractivity contribution in [3.63, 3.8) is 0 Å². The molecule has 3 atom stereocenters. The van der Waals surface area contributed by atoms with Gasteiger partial charge in [-0.25, -0.2) is 4.79 Å². The van der Waals surface area contributed by atoms with Gasteiger partial charge in [-0.05, 0) is 40.5 Å². The topological polar surface area (TPSA) is 70.2 Å². The summed E-state index contributed by atoms with van der Waals surface area (Å²) in [5.41, 5.74) is 3.10. The first-order chi connectivity index (χ1) is 14.2. The zero-order valence-electron chi connectivity index (χ0n) is 16.0. The van der Waals surface area contributed by atoms with Gasteiger partial charge in [0.05, 0.1) is 0 Å². The molecule has 2 aliphatic rings. The lowest BCUT2D eigenvalue weighted by atomic mass is 9.98. The van der Waals surface area contributed by atoms with Gasteiger partial charge in [0.2, 0.25) is 5.91 Å². The largest absolute Gasteiger partial charge is 0.355 e. The Hall–Kier alpha value is -3.34. The Kier molecular flexibility index (Phi) is 4.43. The number of nitrogens with one attached hydrogen (secondary N) is 3. The van der Waals surface area contributed by atoms with Gasteiger partial charge < -0.3 is 16.0 Å². The van der Waals surface area contributed by atoms with Gasteiger partial charge in [-0.15, -0.1) is 0 Å². The molecule has 3 amide bonds. The van der Waals surface area contributed by atoms with E-state index in [2.05, 4.69) is 46.3 Å². The number of benzene rings is 3. The molecule has 146 valence electrons. The summed E-state index contributed by atoms with van der Waals surface area (Å²) in [7, 11) is 0. The number of carbonyl (C=O) groups is 2. The molecule has 0 spiro atoms. The van der Waals surface area contributed by atoms with Crippen molar-refractivity contribution < 1.29 is 9.59 Å². The van der Waals surface area contributed by atoms with Crippen LogP contribution in [0.15, 0.2) is 66.7 Å². The van der Waals surface area contributed by atoms with E-state index in [0.717, 1.165) is 17.7 Å². The smallest absolute Gasteiger partial charge is 0.319 e. The molecule has 1 heterocycles. The monoisotopic (exact) mass is 385 g/mol. The predicted molar refractivity (Wildman–Crippen MR) is 114 cm³/mol. The normalized spacial score (nSPS) is 22.9. The summed E-state index contributed by atoms with van der Waals surface area (Å²) >= 11 is 0. The Morgan fingerprint density at radius 1 is 0.931 bits per heavy atom. The Balaban J connectivity index is 1.20. The summed E-state index contributed by atoms with van der Waals surface area (Å²) < 4.78 is 0. The van der Waals surface area contributed by atoms with Gasteiger partial charge in [0.1, 0.15) is 0 Å². The van der Waals surface area contributed by atoms with Gasteiger partial charge in [-0.1, -0.05) is 54.6 Å². The highest BCUT2D eigenvalue weighted by molar-refractivity contribution is 5.90. The summed E-state index contributed by atoms with van der Waals surface area (Å²) in [6.07, 6.45) is 1.47. The van der Waals surface area contributed by atoms with Gasteiger partial charge in [0.15, 0.2) is 0 Å². The number of hydrogen-bond donors (Lipinski definition) is 3. The van der Waals surface area contributed by atoms with Crippen LogP contribution in [-0.4, -0.2) is 24.5 Å². The molecule has 2 fully saturated rings. The molecule has 0 bridgehead atoms. The number of amides is 3. The van der Waals surface area contributed by atoms with E-state index in [-0.39, 0.29) is 23.9 Å². The first kappa shape index (κ1) is 17.7. The summed E-state index contributed by atoms with van der Waals surface area (Å²) in [6, 6.07) is 22.6. The minimum Gasteiger partial charge on any atom is -0.355 e. The second-order valence-corrected chi connectivity index (χ2v) is 7.98. The maximum absolute atomic E-state index is 12.4. The zero-order chi connectivity index (χ0) is 19.8. The lowest BCUT2D eigenvalue weighted by Gasteiger charge is -2.12. The van der Waals surface area contributed by atoms with E-state index in [1.54, 1.807) is 0 Å². The highest BCUT2D eigenvalue weighted by atomic mass is 16.2. The lowest BCUT2D eigenvalue weighted by molar-refractivity contribution is -0.119. The molecular formula is C24H23N3O2. The SMILES string of the molecule is O=C1CC(c2cccc(NC(=O)N[C@@H]3C[C@H]3c3ccc4ccccc4c3)c2)CN1. The fourth-order valence-corrected chi connectivity index (χ4v) is 4.21. The number of fused-ring (bicyclic) bond motifs is 1. The van der Waals surface area contributed by atoms with Crippen molar-refractivity contribution in [2.75, 3.05) is 11.9 Å². The van der Waals surface area contributed by atoms with Crippen LogP contribution >= 0.6 is 0 Å². The van der Waals surface area contributed by atoms with Gasteiger partial charge in [-0.3, -0.25) is 4.79 Å². The van der Waals surface area contributed by atoms with E-state index < -0.39 is 0 Å². The summed E-state index contributed by atoms with van der Waals surface area (Å²) in [5, 5.41) is 11.3. The fourth-order valence-electron chi connectivity index (χ4n) is 4.21. The molecule has 3 aromatic carbocycles. The number of urea groups is 1. The van der Waals surface area contributed by atoms with E-state index >= 15 is 0 Å². The van der Waals surface area contributed by atoms with Crippen LogP contribution in [0.3, 0.4) is 0 Å². The van der Waals surface area contributed by atoms with Crippen LogP contribution in [0.1, 0.15) is 35.8 Å². The third-order valence-corrected chi connectivity index (χ3v) is 5.90. The van der Waals surface area contributed by atoms with Crippen LogP contribution in [0, 0.1) is 0 Å². The lowest BCUT2D eigenvalue weighted by Crippen LogP contribution is -2.31. The third-order valence-electron chi connectivity index (χ3n) is 5.90. The molecule has 1 saturated carbocycles. The van der Waals surface area contributed by atoms with Crippen molar-refractivity contribution in [1.82, 2.24) is 10.6 Å². The number of rotatable bonds is 4. The Bertz CT molecular complexity index is 1090. The minimum absolute atomic E-state index is 0.0829. The average molecular weight is 385 g/mol. The molecule has 1 unspecified atom stereocenters. The quantitative estimate of drug-likeness (QED) is 0.632. The molecule has 0 radical (unpaired) electrons. The summed E-state index contributed by atoms with van der Waals surface area (Å²) in [6.45, 7) is 0.657. The standard InChI is InChI=1S/C24H23N3O2/c28-23-12-19(14-25-23)17-6-3-7-20(11-17)26-24(29)27-22-13-21(22)18-9-8-15-4-1-2-5-16(15)10-18/h1-11,19,21-22H,12-14H2,(H,25,28)(H2,26,27,29)/t19?,21-,22+/m0/s1. The summed E-state index contributed by atoms with van der Waals surface area (Å²) in [5.74, 6) is 0.625. The van der Waals surface area contributed by atoms with Gasteiger partial charge in [-0.2, -0.15) is 0 Å². The zero-order valence-corrected chi connectivity index (χ0v) is 16.0. The number of carbonyl (C=O) groups excluding carboxylic acids is 2. The number of anilines is 1. The summed E-state index contributed by atoms with van der Waals surface area (Å²) in [4.78, 5) is 23.9. The molecule has 29 heavy (non-hydrogen) atoms. The Morgan fingerprint density at radius 2 is 1.79 bits per heavy atom. The van der Waals surface area contributed by atoms with E-state index in [0.29, 0.717) is 18.9 Å². The molecule has 5 rings (SSSR count). The van der Waals surface area contributed by atoms with Gasteiger partial charge in [0, 0.05) is 36.5 Å². The van der Waals surface area contributed by atoms with Crippen molar-refractivity contribution in [3.05, 3.63) is 77.9 Å². The van der Waals surface area contributed by atoms with E-state index in [4.69, 9.17) is 0 Å². The number of hydrogen-bond acceptors (Lipinski definition) is 2. The predicted octanol–water partition coefficient (Wildman–Crippen LogP) is 4.12. The molecule has 3 aromatic rings.